The summed E-state index contributed by atoms with van der Waals surface area (Å²) in [5, 5.41) is 9.24. The van der Waals surface area contributed by atoms with E-state index in [1.807, 2.05) is 18.0 Å². The third-order valence-corrected chi connectivity index (χ3v) is 8.01. The SMILES string of the molecule is CC(Cc1ccc2c(c1)N(C)C(C1CCN(Cc3cc(C(F)(F)F)ccc3C(F)(F)F)CC1)CC2)C(=O)O. The van der Waals surface area contributed by atoms with E-state index >= 15 is 0 Å². The number of fused-ring (bicyclic) bond motifs is 1. The highest BCUT2D eigenvalue weighted by molar-refractivity contribution is 5.70. The summed E-state index contributed by atoms with van der Waals surface area (Å²) >= 11 is 0. The van der Waals surface area contributed by atoms with Crippen LogP contribution in [0.1, 0.15) is 54.0 Å². The van der Waals surface area contributed by atoms with Crippen LogP contribution in [-0.2, 0) is 36.5 Å². The lowest BCUT2D eigenvalue weighted by atomic mass is 9.82. The summed E-state index contributed by atoms with van der Waals surface area (Å²) < 4.78 is 80.0. The molecule has 2 aromatic rings. The molecule has 1 N–H and O–H groups in total. The number of aliphatic carboxylic acids is 1. The number of rotatable bonds is 6. The highest BCUT2D eigenvalue weighted by atomic mass is 19.4. The number of halogens is 6. The number of aryl methyl sites for hydroxylation is 1. The monoisotopic (exact) mass is 542 g/mol. The molecule has 0 aromatic heterocycles. The first-order chi connectivity index (χ1) is 17.7. The van der Waals surface area contributed by atoms with Crippen molar-refractivity contribution >= 4 is 11.7 Å². The number of anilines is 1. The maximum Gasteiger partial charge on any atom is 0.416 e. The van der Waals surface area contributed by atoms with Crippen molar-refractivity contribution in [1.82, 2.24) is 4.90 Å². The fourth-order valence-corrected chi connectivity index (χ4v) is 5.86. The second-order valence-corrected chi connectivity index (χ2v) is 10.6. The topological polar surface area (TPSA) is 43.8 Å². The van der Waals surface area contributed by atoms with Gasteiger partial charge in [0, 0.05) is 25.3 Å². The number of hydrogen-bond donors (Lipinski definition) is 1. The fourth-order valence-electron chi connectivity index (χ4n) is 5.86. The van der Waals surface area contributed by atoms with Crippen LogP contribution in [0.15, 0.2) is 36.4 Å². The van der Waals surface area contributed by atoms with Crippen molar-refractivity contribution in [2.45, 2.75) is 64.0 Å². The fraction of sp³-hybridized carbons (Fsp3) is 0.536. The lowest BCUT2D eigenvalue weighted by Gasteiger charge is -2.44. The Morgan fingerprint density at radius 3 is 2.29 bits per heavy atom. The number of alkyl halides is 6. The number of nitrogens with zero attached hydrogens (tertiary/aromatic N) is 2. The lowest BCUT2D eigenvalue weighted by molar-refractivity contribution is -0.142. The Balaban J connectivity index is 1.43. The van der Waals surface area contributed by atoms with E-state index in [1.54, 1.807) is 6.92 Å². The van der Waals surface area contributed by atoms with Crippen molar-refractivity contribution in [1.29, 1.82) is 0 Å². The zero-order chi connectivity index (χ0) is 27.8. The summed E-state index contributed by atoms with van der Waals surface area (Å²) in [5.74, 6) is -1.03. The summed E-state index contributed by atoms with van der Waals surface area (Å²) in [4.78, 5) is 15.3. The van der Waals surface area contributed by atoms with Crippen LogP contribution in [0.25, 0.3) is 0 Å². The molecule has 2 aliphatic rings. The first kappa shape index (κ1) is 28.3. The van der Waals surface area contributed by atoms with Crippen LogP contribution in [0, 0.1) is 11.8 Å². The van der Waals surface area contributed by atoms with E-state index in [4.69, 9.17) is 0 Å². The molecule has 38 heavy (non-hydrogen) atoms. The molecule has 0 spiro atoms. The Hall–Kier alpha value is -2.75. The summed E-state index contributed by atoms with van der Waals surface area (Å²) in [5.41, 5.74) is 0.800. The molecular formula is C28H32F6N2O2. The van der Waals surface area contributed by atoms with Gasteiger partial charge < -0.3 is 10.0 Å². The van der Waals surface area contributed by atoms with Crippen molar-refractivity contribution in [2.75, 3.05) is 25.0 Å². The van der Waals surface area contributed by atoms with E-state index in [0.717, 1.165) is 36.9 Å². The van der Waals surface area contributed by atoms with E-state index in [1.165, 1.54) is 5.56 Å². The van der Waals surface area contributed by atoms with Gasteiger partial charge in [-0.25, -0.2) is 0 Å². The molecule has 2 heterocycles. The molecular weight excluding hydrogens is 510 g/mol. The first-order valence-electron chi connectivity index (χ1n) is 12.8. The quantitative estimate of drug-likeness (QED) is 0.415. The Morgan fingerprint density at radius 1 is 1.00 bits per heavy atom. The minimum absolute atomic E-state index is 0.181. The van der Waals surface area contributed by atoms with Crippen LogP contribution in [0.5, 0.6) is 0 Å². The molecule has 1 fully saturated rings. The van der Waals surface area contributed by atoms with Gasteiger partial charge in [-0.15, -0.1) is 0 Å². The maximum atomic E-state index is 13.5. The molecule has 0 radical (unpaired) electrons. The van der Waals surface area contributed by atoms with Crippen LogP contribution < -0.4 is 4.90 Å². The third kappa shape index (κ3) is 6.27. The zero-order valence-corrected chi connectivity index (χ0v) is 21.4. The molecule has 2 aromatic carbocycles. The first-order valence-corrected chi connectivity index (χ1v) is 12.8. The van der Waals surface area contributed by atoms with E-state index in [0.29, 0.717) is 43.6 Å². The average molecular weight is 543 g/mol. The Morgan fingerprint density at radius 2 is 1.68 bits per heavy atom. The van der Waals surface area contributed by atoms with Gasteiger partial charge in [0.2, 0.25) is 0 Å². The number of carboxylic acids is 1. The molecule has 2 unspecified atom stereocenters. The van der Waals surface area contributed by atoms with Gasteiger partial charge >= 0.3 is 18.3 Å². The number of carboxylic acid groups (broad SMARTS) is 1. The van der Waals surface area contributed by atoms with Crippen LogP contribution in [0.3, 0.4) is 0 Å². The van der Waals surface area contributed by atoms with Crippen molar-refractivity contribution < 1.29 is 36.2 Å². The largest absolute Gasteiger partial charge is 0.481 e. The van der Waals surface area contributed by atoms with Gasteiger partial charge in [0.1, 0.15) is 0 Å². The number of likely N-dealkylation sites (tertiary alicyclic amines) is 1. The summed E-state index contributed by atoms with van der Waals surface area (Å²) in [6.07, 6.45) is -5.70. The molecule has 0 saturated carbocycles. The van der Waals surface area contributed by atoms with Crippen LogP contribution in [-0.4, -0.2) is 42.2 Å². The summed E-state index contributed by atoms with van der Waals surface area (Å²) in [6.45, 7) is 2.51. The van der Waals surface area contributed by atoms with Gasteiger partial charge in [-0.05, 0) is 92.1 Å². The molecule has 208 valence electrons. The second kappa shape index (κ2) is 10.8. The van der Waals surface area contributed by atoms with Crippen molar-refractivity contribution in [2.24, 2.45) is 11.8 Å². The van der Waals surface area contributed by atoms with Crippen molar-refractivity contribution in [3.8, 4) is 0 Å². The van der Waals surface area contributed by atoms with Crippen molar-refractivity contribution in [3.63, 3.8) is 0 Å². The highest BCUT2D eigenvalue weighted by Crippen LogP contribution is 2.39. The second-order valence-electron chi connectivity index (χ2n) is 10.6. The smallest absolute Gasteiger partial charge is 0.416 e. The van der Waals surface area contributed by atoms with Gasteiger partial charge in [0.25, 0.3) is 0 Å². The predicted octanol–water partition coefficient (Wildman–Crippen LogP) is 6.65. The Kier molecular flexibility index (Phi) is 8.02. The number of carbonyl (C=O) groups is 1. The van der Waals surface area contributed by atoms with E-state index in [2.05, 4.69) is 17.0 Å². The van der Waals surface area contributed by atoms with Crippen molar-refractivity contribution in [3.05, 3.63) is 64.2 Å². The molecule has 4 nitrogen and oxygen atoms in total. The average Bonchev–Trinajstić information content (AvgIpc) is 2.84. The predicted molar refractivity (Wildman–Crippen MR) is 132 cm³/mol. The van der Waals surface area contributed by atoms with Gasteiger partial charge in [0.05, 0.1) is 17.0 Å². The number of piperidine rings is 1. The van der Waals surface area contributed by atoms with Crippen LogP contribution >= 0.6 is 0 Å². The zero-order valence-electron chi connectivity index (χ0n) is 21.4. The molecule has 2 aliphatic heterocycles. The van der Waals surface area contributed by atoms with Gasteiger partial charge in [-0.3, -0.25) is 9.69 Å². The van der Waals surface area contributed by atoms with Gasteiger partial charge in [0.15, 0.2) is 0 Å². The maximum absolute atomic E-state index is 13.5. The molecule has 1 saturated heterocycles. The molecule has 0 aliphatic carbocycles. The van der Waals surface area contributed by atoms with E-state index in [-0.39, 0.29) is 18.2 Å². The molecule has 0 amide bonds. The minimum atomic E-state index is -4.73. The molecule has 0 bridgehead atoms. The molecule has 10 heteroatoms. The molecule has 2 atom stereocenters. The highest BCUT2D eigenvalue weighted by Gasteiger charge is 2.38. The standard InChI is InChI=1S/C28H32F6N2O2/c1-17(26(37)38)13-18-3-4-19-5-8-24(35(2)25(19)14-18)20-9-11-36(12-10-20)16-21-15-22(27(29,30)31)6-7-23(21)28(32,33)34/h3-4,6-7,14-15,17,20,24H,5,8-13,16H2,1-2H3,(H,37,38). The third-order valence-electron chi connectivity index (χ3n) is 8.01. The van der Waals surface area contributed by atoms with Crippen LogP contribution in [0.4, 0.5) is 32.0 Å². The summed E-state index contributed by atoms with van der Waals surface area (Å²) in [6, 6.07) is 7.98. The number of benzene rings is 2. The van der Waals surface area contributed by atoms with Crippen LogP contribution in [0.2, 0.25) is 0 Å². The normalized spacial score (nSPS) is 20.3. The minimum Gasteiger partial charge on any atom is -0.481 e. The van der Waals surface area contributed by atoms with E-state index < -0.39 is 35.4 Å². The Labute approximate surface area is 218 Å². The Bertz CT molecular complexity index is 1160. The van der Waals surface area contributed by atoms with Gasteiger partial charge in [-0.2, -0.15) is 26.3 Å². The molecule has 4 rings (SSSR count). The summed E-state index contributed by atoms with van der Waals surface area (Å²) in [7, 11) is 2.03. The van der Waals surface area contributed by atoms with Gasteiger partial charge in [-0.1, -0.05) is 19.1 Å². The lowest BCUT2D eigenvalue weighted by Crippen LogP contribution is -2.46. The van der Waals surface area contributed by atoms with E-state index in [9.17, 15) is 36.2 Å². The number of hydrogen-bond acceptors (Lipinski definition) is 3.